The summed E-state index contributed by atoms with van der Waals surface area (Å²) in [5.74, 6) is -0.371. The summed E-state index contributed by atoms with van der Waals surface area (Å²) in [5.41, 5.74) is 0.821. The van der Waals surface area contributed by atoms with Crippen LogP contribution in [0.3, 0.4) is 0 Å². The lowest BCUT2D eigenvalue weighted by atomic mass is 10.1. The van der Waals surface area contributed by atoms with Crippen molar-refractivity contribution in [3.05, 3.63) is 34.9 Å². The summed E-state index contributed by atoms with van der Waals surface area (Å²) in [6.45, 7) is 0.865. The molecule has 1 saturated heterocycles. The summed E-state index contributed by atoms with van der Waals surface area (Å²) in [6.07, 6.45) is -0.686. The van der Waals surface area contributed by atoms with E-state index < -0.39 is 6.10 Å². The Hall–Kier alpha value is -0.810. The van der Waals surface area contributed by atoms with Gasteiger partial charge in [-0.2, -0.15) is 0 Å². The zero-order valence-corrected chi connectivity index (χ0v) is 11.8. The first-order chi connectivity index (χ1) is 9.13. The van der Waals surface area contributed by atoms with Crippen LogP contribution in [0.2, 0.25) is 5.02 Å². The third-order valence-corrected chi connectivity index (χ3v) is 3.75. The molecule has 0 saturated carbocycles. The van der Waals surface area contributed by atoms with E-state index in [9.17, 15) is 9.90 Å². The smallest absolute Gasteiger partial charge is 0.238 e. The van der Waals surface area contributed by atoms with Crippen molar-refractivity contribution < 1.29 is 14.6 Å². The van der Waals surface area contributed by atoms with Crippen molar-refractivity contribution >= 4 is 29.1 Å². The molecule has 1 aliphatic rings. The van der Waals surface area contributed by atoms with Gasteiger partial charge in [-0.3, -0.25) is 4.79 Å². The van der Waals surface area contributed by atoms with Gasteiger partial charge >= 0.3 is 0 Å². The van der Waals surface area contributed by atoms with Gasteiger partial charge in [0.15, 0.2) is 0 Å². The summed E-state index contributed by atoms with van der Waals surface area (Å²) in [7, 11) is 0. The Balaban J connectivity index is 2.19. The molecule has 0 spiro atoms. The van der Waals surface area contributed by atoms with Gasteiger partial charge in [-0.1, -0.05) is 29.8 Å². The van der Waals surface area contributed by atoms with Crippen LogP contribution in [0, 0.1) is 0 Å². The number of halogens is 2. The van der Waals surface area contributed by atoms with Gasteiger partial charge in [0, 0.05) is 11.6 Å². The Morgan fingerprint density at radius 2 is 2.16 bits per heavy atom. The van der Waals surface area contributed by atoms with E-state index in [2.05, 4.69) is 0 Å². The molecular weight excluding hydrogens is 289 g/mol. The van der Waals surface area contributed by atoms with Gasteiger partial charge in [-0.25, -0.2) is 0 Å². The molecule has 4 nitrogen and oxygen atoms in total. The molecule has 2 rings (SSSR count). The highest BCUT2D eigenvalue weighted by Crippen LogP contribution is 2.21. The second kappa shape index (κ2) is 6.57. The van der Waals surface area contributed by atoms with Crippen LogP contribution in [0.5, 0.6) is 0 Å². The maximum atomic E-state index is 11.9. The van der Waals surface area contributed by atoms with E-state index in [1.54, 1.807) is 6.07 Å². The molecule has 6 heteroatoms. The molecule has 1 amide bonds. The molecule has 0 aromatic heterocycles. The highest BCUT2D eigenvalue weighted by molar-refractivity contribution is 6.31. The molecule has 1 fully saturated rings. The third kappa shape index (κ3) is 3.39. The Bertz CT molecular complexity index is 455. The van der Waals surface area contributed by atoms with E-state index in [0.717, 1.165) is 5.56 Å². The summed E-state index contributed by atoms with van der Waals surface area (Å²) < 4.78 is 5.19. The Morgan fingerprint density at radius 1 is 1.42 bits per heavy atom. The van der Waals surface area contributed by atoms with Crippen molar-refractivity contribution in [2.75, 3.05) is 19.1 Å². The van der Waals surface area contributed by atoms with Crippen LogP contribution < -0.4 is 0 Å². The number of hydrogen-bond donors (Lipinski definition) is 1. The third-order valence-electron chi connectivity index (χ3n) is 3.15. The average molecular weight is 304 g/mol. The van der Waals surface area contributed by atoms with Gasteiger partial charge in [0.1, 0.15) is 5.88 Å². The minimum Gasteiger partial charge on any atom is -0.388 e. The number of hydrogen-bond acceptors (Lipinski definition) is 3. The molecule has 104 valence electrons. The number of carbonyl (C=O) groups excluding carboxylic acids is 1. The van der Waals surface area contributed by atoms with Crippen molar-refractivity contribution in [1.29, 1.82) is 0 Å². The highest BCUT2D eigenvalue weighted by atomic mass is 35.5. The summed E-state index contributed by atoms with van der Waals surface area (Å²) in [5, 5.41) is 10.4. The number of ether oxygens (including phenoxy) is 1. The number of alkyl halides is 1. The molecule has 0 aliphatic carbocycles. The van der Waals surface area contributed by atoms with Crippen molar-refractivity contribution in [3.63, 3.8) is 0 Å². The number of nitrogens with zero attached hydrogens (tertiary/aromatic N) is 1. The number of amides is 1. The van der Waals surface area contributed by atoms with Crippen LogP contribution in [-0.2, 0) is 16.1 Å². The van der Waals surface area contributed by atoms with Crippen LogP contribution in [0.15, 0.2) is 24.3 Å². The van der Waals surface area contributed by atoms with E-state index in [0.29, 0.717) is 18.2 Å². The second-order valence-electron chi connectivity index (χ2n) is 4.42. The first kappa shape index (κ1) is 14.6. The number of aliphatic hydroxyl groups excluding tert-OH is 1. The van der Waals surface area contributed by atoms with E-state index in [4.69, 9.17) is 27.9 Å². The predicted molar refractivity (Wildman–Crippen MR) is 73.3 cm³/mol. The summed E-state index contributed by atoms with van der Waals surface area (Å²) >= 11 is 11.7. The van der Waals surface area contributed by atoms with Crippen LogP contribution in [0.4, 0.5) is 0 Å². The van der Waals surface area contributed by atoms with Gasteiger partial charge in [0.2, 0.25) is 5.91 Å². The predicted octanol–water partition coefficient (Wildman–Crippen LogP) is 1.67. The molecule has 19 heavy (non-hydrogen) atoms. The van der Waals surface area contributed by atoms with Crippen molar-refractivity contribution in [1.82, 2.24) is 4.90 Å². The van der Waals surface area contributed by atoms with Crippen molar-refractivity contribution in [3.8, 4) is 0 Å². The minimum absolute atomic E-state index is 0.131. The quantitative estimate of drug-likeness (QED) is 0.861. The number of benzene rings is 1. The fourth-order valence-electron chi connectivity index (χ4n) is 2.11. The fourth-order valence-corrected chi connectivity index (χ4v) is 2.46. The lowest BCUT2D eigenvalue weighted by molar-refractivity contribution is -0.133. The average Bonchev–Trinajstić information content (AvgIpc) is 2.83. The van der Waals surface area contributed by atoms with Crippen LogP contribution in [0.25, 0.3) is 0 Å². The Labute approximate surface area is 121 Å². The van der Waals surface area contributed by atoms with Crippen LogP contribution in [0.1, 0.15) is 5.56 Å². The van der Waals surface area contributed by atoms with Gasteiger partial charge in [-0.05, 0) is 11.6 Å². The van der Waals surface area contributed by atoms with Gasteiger partial charge < -0.3 is 14.7 Å². The normalized spacial score (nSPS) is 22.5. The number of aliphatic hydroxyl groups is 1. The van der Waals surface area contributed by atoms with Gasteiger partial charge in [-0.15, -0.1) is 11.6 Å². The van der Waals surface area contributed by atoms with Gasteiger partial charge in [0.25, 0.3) is 0 Å². The van der Waals surface area contributed by atoms with Crippen LogP contribution >= 0.6 is 23.2 Å². The lowest BCUT2D eigenvalue weighted by Gasteiger charge is -2.29. The van der Waals surface area contributed by atoms with Crippen molar-refractivity contribution in [2.24, 2.45) is 0 Å². The zero-order valence-electron chi connectivity index (χ0n) is 10.3. The zero-order chi connectivity index (χ0) is 13.8. The molecule has 1 aromatic rings. The molecule has 1 aliphatic heterocycles. The lowest BCUT2D eigenvalue weighted by Crippen LogP contribution is -2.46. The van der Waals surface area contributed by atoms with Gasteiger partial charge in [0.05, 0.1) is 25.4 Å². The maximum Gasteiger partial charge on any atom is 0.238 e. The largest absolute Gasteiger partial charge is 0.388 e. The molecule has 1 N–H and O–H groups in total. The molecule has 0 bridgehead atoms. The summed E-state index contributed by atoms with van der Waals surface area (Å²) in [6, 6.07) is 6.92. The molecule has 1 aromatic carbocycles. The Morgan fingerprint density at radius 3 is 2.74 bits per heavy atom. The maximum absolute atomic E-state index is 11.9. The van der Waals surface area contributed by atoms with E-state index in [1.165, 1.54) is 4.90 Å². The minimum atomic E-state index is -0.686. The summed E-state index contributed by atoms with van der Waals surface area (Å²) in [4.78, 5) is 13.5. The highest BCUT2D eigenvalue weighted by Gasteiger charge is 2.34. The number of rotatable bonds is 4. The molecule has 1 heterocycles. The monoisotopic (exact) mass is 303 g/mol. The molecular formula is C13H15Cl2NO3. The first-order valence-corrected chi connectivity index (χ1v) is 6.89. The second-order valence-corrected chi connectivity index (χ2v) is 5.09. The van der Waals surface area contributed by atoms with E-state index in [-0.39, 0.29) is 24.4 Å². The SMILES string of the molecule is O=C(CCl)N(Cc1ccccc1Cl)[C@H]1COC[C@@H]1O. The standard InChI is InChI=1S/C13H15Cl2NO3/c14-5-13(18)16(11-7-19-8-12(11)17)6-9-3-1-2-4-10(9)15/h1-4,11-12,17H,5-8H2/t11-,12-/m0/s1. The Kier molecular flexibility index (Phi) is 5.05. The number of carbonyl (C=O) groups is 1. The van der Waals surface area contributed by atoms with E-state index in [1.807, 2.05) is 18.2 Å². The van der Waals surface area contributed by atoms with Crippen LogP contribution in [-0.4, -0.2) is 47.2 Å². The topological polar surface area (TPSA) is 49.8 Å². The van der Waals surface area contributed by atoms with E-state index >= 15 is 0 Å². The molecule has 0 unspecified atom stereocenters. The molecule has 2 atom stereocenters. The first-order valence-electron chi connectivity index (χ1n) is 5.98. The van der Waals surface area contributed by atoms with Crippen molar-refractivity contribution in [2.45, 2.75) is 18.7 Å². The fraction of sp³-hybridized carbons (Fsp3) is 0.462. The molecule has 0 radical (unpaired) electrons.